The van der Waals surface area contributed by atoms with Crippen molar-refractivity contribution in [2.24, 2.45) is 0 Å². The standard InChI is InChI=1S/C16H26N2O3/c1-2-9-16(14(19)20)10-5-12-18(16)15(21)17-11-8-13-6-3-4-7-13/h6H,2-5,7-12H2,1H3,(H,17,21)(H,19,20). The maximum absolute atomic E-state index is 12.3. The van der Waals surface area contributed by atoms with E-state index in [1.165, 1.54) is 12.0 Å². The summed E-state index contributed by atoms with van der Waals surface area (Å²) in [5.74, 6) is -0.865. The van der Waals surface area contributed by atoms with Crippen molar-refractivity contribution in [3.63, 3.8) is 0 Å². The largest absolute Gasteiger partial charge is 0.479 e. The number of rotatable bonds is 6. The molecule has 0 bridgehead atoms. The molecule has 0 aromatic heterocycles. The quantitative estimate of drug-likeness (QED) is 0.740. The lowest BCUT2D eigenvalue weighted by molar-refractivity contribution is -0.148. The Hall–Kier alpha value is -1.52. The van der Waals surface area contributed by atoms with E-state index in [2.05, 4.69) is 11.4 Å². The second-order valence-corrected chi connectivity index (χ2v) is 6.08. The highest BCUT2D eigenvalue weighted by Gasteiger charge is 2.49. The van der Waals surface area contributed by atoms with Gasteiger partial charge in [-0.25, -0.2) is 9.59 Å². The predicted octanol–water partition coefficient (Wildman–Crippen LogP) is 2.92. The Labute approximate surface area is 126 Å². The van der Waals surface area contributed by atoms with Crippen molar-refractivity contribution >= 4 is 12.0 Å². The van der Waals surface area contributed by atoms with Crippen LogP contribution in [0.25, 0.3) is 0 Å². The van der Waals surface area contributed by atoms with E-state index in [1.807, 2.05) is 6.92 Å². The van der Waals surface area contributed by atoms with E-state index in [-0.39, 0.29) is 6.03 Å². The Balaban J connectivity index is 1.91. The van der Waals surface area contributed by atoms with Crippen molar-refractivity contribution in [1.82, 2.24) is 10.2 Å². The van der Waals surface area contributed by atoms with Gasteiger partial charge in [0.2, 0.25) is 0 Å². The fraction of sp³-hybridized carbons (Fsp3) is 0.750. The SMILES string of the molecule is CCCC1(C(=O)O)CCCN1C(=O)NCCC1=CCCC1. The zero-order valence-electron chi connectivity index (χ0n) is 12.9. The molecule has 1 atom stereocenters. The van der Waals surface area contributed by atoms with Crippen molar-refractivity contribution in [2.75, 3.05) is 13.1 Å². The average Bonchev–Trinajstić information content (AvgIpc) is 3.08. The first-order valence-electron chi connectivity index (χ1n) is 8.07. The number of likely N-dealkylation sites (tertiary alicyclic amines) is 1. The highest BCUT2D eigenvalue weighted by molar-refractivity contribution is 5.87. The number of carboxylic acid groups (broad SMARTS) is 1. The highest BCUT2D eigenvalue weighted by Crippen LogP contribution is 2.34. The van der Waals surface area contributed by atoms with Gasteiger partial charge >= 0.3 is 12.0 Å². The lowest BCUT2D eigenvalue weighted by atomic mass is 9.91. The fourth-order valence-corrected chi connectivity index (χ4v) is 3.57. The number of hydrogen-bond acceptors (Lipinski definition) is 2. The van der Waals surface area contributed by atoms with Gasteiger partial charge in [0.1, 0.15) is 5.54 Å². The van der Waals surface area contributed by atoms with Crippen LogP contribution >= 0.6 is 0 Å². The number of amides is 2. The van der Waals surface area contributed by atoms with Crippen molar-refractivity contribution in [3.8, 4) is 0 Å². The number of hydrogen-bond donors (Lipinski definition) is 2. The second kappa shape index (κ2) is 6.96. The molecule has 0 aromatic rings. The summed E-state index contributed by atoms with van der Waals surface area (Å²) in [6, 6.07) is -0.220. The molecule has 5 nitrogen and oxygen atoms in total. The van der Waals surface area contributed by atoms with E-state index in [1.54, 1.807) is 4.90 Å². The fourth-order valence-electron chi connectivity index (χ4n) is 3.57. The highest BCUT2D eigenvalue weighted by atomic mass is 16.4. The molecule has 1 saturated heterocycles. The smallest absolute Gasteiger partial charge is 0.329 e. The van der Waals surface area contributed by atoms with Gasteiger partial charge < -0.3 is 15.3 Å². The van der Waals surface area contributed by atoms with Gasteiger partial charge in [-0.3, -0.25) is 0 Å². The molecule has 2 amide bonds. The van der Waals surface area contributed by atoms with Crippen LogP contribution in [0, 0.1) is 0 Å². The van der Waals surface area contributed by atoms with Gasteiger partial charge in [-0.15, -0.1) is 0 Å². The minimum absolute atomic E-state index is 0.220. The molecule has 0 radical (unpaired) electrons. The molecule has 2 N–H and O–H groups in total. The van der Waals surface area contributed by atoms with Crippen LogP contribution in [0.4, 0.5) is 4.79 Å². The first-order chi connectivity index (χ1) is 10.1. The number of aliphatic carboxylic acids is 1. The van der Waals surface area contributed by atoms with Crippen LogP contribution in [-0.4, -0.2) is 40.6 Å². The summed E-state index contributed by atoms with van der Waals surface area (Å²) < 4.78 is 0. The van der Waals surface area contributed by atoms with Crippen LogP contribution < -0.4 is 5.32 Å². The van der Waals surface area contributed by atoms with E-state index in [0.29, 0.717) is 25.9 Å². The summed E-state index contributed by atoms with van der Waals surface area (Å²) in [6.07, 6.45) is 9.26. The molecule has 1 aliphatic heterocycles. The van der Waals surface area contributed by atoms with Gasteiger partial charge in [-0.1, -0.05) is 25.0 Å². The van der Waals surface area contributed by atoms with Gasteiger partial charge in [0.15, 0.2) is 0 Å². The Morgan fingerprint density at radius 2 is 2.24 bits per heavy atom. The Bertz CT molecular complexity index is 433. The minimum Gasteiger partial charge on any atom is -0.479 e. The van der Waals surface area contributed by atoms with E-state index >= 15 is 0 Å². The molecule has 1 fully saturated rings. The summed E-state index contributed by atoms with van der Waals surface area (Å²) in [5.41, 5.74) is 0.417. The summed E-state index contributed by atoms with van der Waals surface area (Å²) in [5, 5.41) is 12.5. The number of nitrogens with zero attached hydrogens (tertiary/aromatic N) is 1. The molecule has 5 heteroatoms. The zero-order chi connectivity index (χ0) is 15.3. The van der Waals surface area contributed by atoms with Crippen molar-refractivity contribution in [3.05, 3.63) is 11.6 Å². The van der Waals surface area contributed by atoms with Gasteiger partial charge in [0.25, 0.3) is 0 Å². The van der Waals surface area contributed by atoms with E-state index in [4.69, 9.17) is 0 Å². The number of urea groups is 1. The summed E-state index contributed by atoms with van der Waals surface area (Å²) >= 11 is 0. The van der Waals surface area contributed by atoms with E-state index in [9.17, 15) is 14.7 Å². The lowest BCUT2D eigenvalue weighted by Crippen LogP contribution is -2.56. The average molecular weight is 294 g/mol. The molecule has 1 aliphatic carbocycles. The molecular weight excluding hydrogens is 268 g/mol. The predicted molar refractivity (Wildman–Crippen MR) is 81.2 cm³/mol. The van der Waals surface area contributed by atoms with Crippen molar-refractivity contribution in [1.29, 1.82) is 0 Å². The number of nitrogens with one attached hydrogen (secondary N) is 1. The molecule has 1 heterocycles. The first-order valence-corrected chi connectivity index (χ1v) is 8.07. The number of carbonyl (C=O) groups excluding carboxylic acids is 1. The van der Waals surface area contributed by atoms with Crippen molar-refractivity contribution in [2.45, 2.75) is 63.8 Å². The van der Waals surface area contributed by atoms with Crippen LogP contribution in [0.5, 0.6) is 0 Å². The molecule has 21 heavy (non-hydrogen) atoms. The molecular formula is C16H26N2O3. The molecule has 2 rings (SSSR count). The Morgan fingerprint density at radius 3 is 2.86 bits per heavy atom. The molecule has 0 aromatic carbocycles. The van der Waals surface area contributed by atoms with Crippen LogP contribution in [0.3, 0.4) is 0 Å². The molecule has 118 valence electrons. The molecule has 0 saturated carbocycles. The van der Waals surface area contributed by atoms with Gasteiger partial charge in [-0.2, -0.15) is 0 Å². The summed E-state index contributed by atoms with van der Waals surface area (Å²) in [6.45, 7) is 3.11. The van der Waals surface area contributed by atoms with E-state index in [0.717, 1.165) is 32.1 Å². The van der Waals surface area contributed by atoms with Crippen LogP contribution in [0.2, 0.25) is 0 Å². The van der Waals surface area contributed by atoms with E-state index < -0.39 is 11.5 Å². The maximum atomic E-state index is 12.3. The topological polar surface area (TPSA) is 69.6 Å². The zero-order valence-corrected chi connectivity index (χ0v) is 12.9. The Kier molecular flexibility index (Phi) is 5.26. The van der Waals surface area contributed by atoms with Gasteiger partial charge in [-0.05, 0) is 44.9 Å². The summed E-state index contributed by atoms with van der Waals surface area (Å²) in [4.78, 5) is 25.6. The molecule has 2 aliphatic rings. The normalized spacial score (nSPS) is 25.0. The third-order valence-electron chi connectivity index (χ3n) is 4.65. The maximum Gasteiger partial charge on any atom is 0.329 e. The van der Waals surface area contributed by atoms with Crippen LogP contribution in [0.15, 0.2) is 11.6 Å². The second-order valence-electron chi connectivity index (χ2n) is 6.08. The van der Waals surface area contributed by atoms with Crippen molar-refractivity contribution < 1.29 is 14.7 Å². The lowest BCUT2D eigenvalue weighted by Gasteiger charge is -2.34. The van der Waals surface area contributed by atoms with Crippen LogP contribution in [0.1, 0.15) is 58.3 Å². The third-order valence-corrected chi connectivity index (χ3v) is 4.65. The number of carbonyl (C=O) groups is 2. The first kappa shape index (κ1) is 15.9. The number of allylic oxidation sites excluding steroid dienone is 1. The van der Waals surface area contributed by atoms with Gasteiger partial charge in [0, 0.05) is 13.1 Å². The van der Waals surface area contributed by atoms with Gasteiger partial charge in [0.05, 0.1) is 0 Å². The minimum atomic E-state index is -0.995. The Morgan fingerprint density at radius 1 is 1.43 bits per heavy atom. The molecule has 0 spiro atoms. The third kappa shape index (κ3) is 3.39. The summed E-state index contributed by atoms with van der Waals surface area (Å²) in [7, 11) is 0. The molecule has 1 unspecified atom stereocenters. The monoisotopic (exact) mass is 294 g/mol. The number of carboxylic acids is 1. The van der Waals surface area contributed by atoms with Crippen LogP contribution in [-0.2, 0) is 4.79 Å².